The number of rotatable bonds is 4. The van der Waals surface area contributed by atoms with Gasteiger partial charge in [0.1, 0.15) is 0 Å². The molecule has 0 aromatic carbocycles. The molecule has 2 heteroatoms. The zero-order valence-electron chi connectivity index (χ0n) is 5.73. The molecule has 0 aliphatic heterocycles. The van der Waals surface area contributed by atoms with E-state index >= 15 is 0 Å². The molecule has 0 saturated heterocycles. The quantitative estimate of drug-likeness (QED) is 0.563. The summed E-state index contributed by atoms with van der Waals surface area (Å²) in [4.78, 5) is 19.7. The Morgan fingerprint density at radius 2 is 1.44 bits per heavy atom. The molecule has 9 heavy (non-hydrogen) atoms. The fourth-order valence-corrected chi connectivity index (χ4v) is 0.453. The van der Waals surface area contributed by atoms with Crippen LogP contribution in [0.2, 0.25) is 0 Å². The van der Waals surface area contributed by atoms with Crippen LogP contribution >= 0.6 is 0 Å². The third-order valence-corrected chi connectivity index (χ3v) is 1.10. The smallest absolute Gasteiger partial charge is 0.198 e. The van der Waals surface area contributed by atoms with Crippen LogP contribution in [0.1, 0.15) is 26.7 Å². The van der Waals surface area contributed by atoms with E-state index in [4.69, 9.17) is 0 Å². The lowest BCUT2D eigenvalue weighted by Gasteiger charge is -2.15. The second-order valence-electron chi connectivity index (χ2n) is 2.81. The molecule has 2 nitrogen and oxygen atoms in total. The number of carbonyl (C=O) groups excluding carboxylic acids is 2. The maximum Gasteiger partial charge on any atom is 0.198 e. The van der Waals surface area contributed by atoms with Crippen molar-refractivity contribution in [2.24, 2.45) is 5.41 Å². The molecule has 0 N–H and O–H groups in total. The normalized spacial score (nSPS) is 10.9. The highest BCUT2D eigenvalue weighted by Crippen LogP contribution is 2.21. The van der Waals surface area contributed by atoms with Crippen molar-refractivity contribution < 1.29 is 9.59 Å². The van der Waals surface area contributed by atoms with Gasteiger partial charge in [0.15, 0.2) is 12.6 Å². The van der Waals surface area contributed by atoms with Gasteiger partial charge in [-0.1, -0.05) is 13.8 Å². The van der Waals surface area contributed by atoms with E-state index < -0.39 is 0 Å². The summed E-state index contributed by atoms with van der Waals surface area (Å²) in [6.45, 7) is 3.67. The standard InChI is InChI=1S/C7H10O2/c1-7(2,3-5-8)4-6-9/h3-4H2,1-2H3. The van der Waals surface area contributed by atoms with Crippen LogP contribution < -0.4 is 0 Å². The lowest BCUT2D eigenvalue weighted by molar-refractivity contribution is 0.379. The van der Waals surface area contributed by atoms with E-state index in [0.29, 0.717) is 12.8 Å². The van der Waals surface area contributed by atoms with Crippen LogP contribution in [-0.4, -0.2) is 12.6 Å². The molecule has 0 unspecified atom stereocenters. The van der Waals surface area contributed by atoms with Crippen molar-refractivity contribution in [1.29, 1.82) is 0 Å². The van der Waals surface area contributed by atoms with Crippen molar-refractivity contribution in [3.8, 4) is 0 Å². The molecular formula is C7H10O2. The van der Waals surface area contributed by atoms with E-state index in [1.54, 1.807) is 12.6 Å². The molecule has 0 atom stereocenters. The fourth-order valence-electron chi connectivity index (χ4n) is 0.453. The van der Waals surface area contributed by atoms with Gasteiger partial charge in [-0.3, -0.25) is 9.59 Å². The van der Waals surface area contributed by atoms with Crippen molar-refractivity contribution >= 4 is 12.6 Å². The Hall–Kier alpha value is -0.660. The van der Waals surface area contributed by atoms with Crippen molar-refractivity contribution in [2.75, 3.05) is 0 Å². The maximum atomic E-state index is 9.84. The predicted octanol–water partition coefficient (Wildman–Crippen LogP) is 1.01. The van der Waals surface area contributed by atoms with Crippen LogP contribution in [0, 0.1) is 5.41 Å². The van der Waals surface area contributed by atoms with Crippen molar-refractivity contribution in [1.82, 2.24) is 0 Å². The summed E-state index contributed by atoms with van der Waals surface area (Å²) in [5, 5.41) is 0. The summed E-state index contributed by atoms with van der Waals surface area (Å²) in [5.41, 5.74) is -0.247. The number of hydrogen-bond donors (Lipinski definition) is 0. The Morgan fingerprint density at radius 1 is 1.11 bits per heavy atom. The van der Waals surface area contributed by atoms with Crippen molar-refractivity contribution in [3.63, 3.8) is 0 Å². The number of hydrogen-bond acceptors (Lipinski definition) is 2. The Labute approximate surface area is 55.3 Å². The molecular weight excluding hydrogens is 116 g/mol. The van der Waals surface area contributed by atoms with Gasteiger partial charge in [-0.15, -0.1) is 0 Å². The van der Waals surface area contributed by atoms with E-state index in [2.05, 4.69) is 0 Å². The molecule has 0 aromatic heterocycles. The second kappa shape index (κ2) is 3.38. The van der Waals surface area contributed by atoms with Gasteiger partial charge in [-0.25, -0.2) is 0 Å². The van der Waals surface area contributed by atoms with Gasteiger partial charge in [0.2, 0.25) is 0 Å². The topological polar surface area (TPSA) is 34.1 Å². The van der Waals surface area contributed by atoms with Crippen LogP contribution in [0.15, 0.2) is 0 Å². The Bertz CT molecular complexity index is 93.5. The van der Waals surface area contributed by atoms with Crippen LogP contribution in [0.5, 0.6) is 0 Å². The van der Waals surface area contributed by atoms with Crippen LogP contribution in [0.4, 0.5) is 0 Å². The highest BCUT2D eigenvalue weighted by molar-refractivity contribution is 5.56. The minimum Gasteiger partial charge on any atom is -0.291 e. The van der Waals surface area contributed by atoms with E-state index in [-0.39, 0.29) is 5.41 Å². The molecule has 0 bridgehead atoms. The summed E-state index contributed by atoms with van der Waals surface area (Å²) < 4.78 is 0. The molecule has 0 amide bonds. The first-order valence-corrected chi connectivity index (χ1v) is 2.82. The molecule has 0 rings (SSSR count). The molecule has 0 fully saturated rings. The SMILES string of the molecule is CC(C)(C[C]=O)C[C]=O. The average Bonchev–Trinajstić information content (AvgIpc) is 1.64. The molecule has 2 radical (unpaired) electrons. The minimum absolute atomic E-state index is 0.247. The zero-order chi connectivity index (χ0) is 7.33. The van der Waals surface area contributed by atoms with Gasteiger partial charge in [0, 0.05) is 12.8 Å². The lowest BCUT2D eigenvalue weighted by Crippen LogP contribution is -2.11. The van der Waals surface area contributed by atoms with Gasteiger partial charge in [0.05, 0.1) is 0 Å². The molecule has 0 saturated carbocycles. The van der Waals surface area contributed by atoms with Crippen molar-refractivity contribution in [3.05, 3.63) is 0 Å². The first-order chi connectivity index (χ1) is 4.12. The summed E-state index contributed by atoms with van der Waals surface area (Å²) in [5.74, 6) is 0. The van der Waals surface area contributed by atoms with Crippen molar-refractivity contribution in [2.45, 2.75) is 26.7 Å². The Morgan fingerprint density at radius 3 is 1.67 bits per heavy atom. The summed E-state index contributed by atoms with van der Waals surface area (Å²) in [6, 6.07) is 0. The van der Waals surface area contributed by atoms with Crippen LogP contribution in [0.25, 0.3) is 0 Å². The predicted molar refractivity (Wildman–Crippen MR) is 34.4 cm³/mol. The van der Waals surface area contributed by atoms with Gasteiger partial charge in [-0.05, 0) is 5.41 Å². The van der Waals surface area contributed by atoms with Gasteiger partial charge < -0.3 is 0 Å². The minimum atomic E-state index is -0.247. The van der Waals surface area contributed by atoms with E-state index in [1.165, 1.54) is 0 Å². The maximum absolute atomic E-state index is 9.84. The third-order valence-electron chi connectivity index (χ3n) is 1.10. The lowest BCUT2D eigenvalue weighted by atomic mass is 9.87. The van der Waals surface area contributed by atoms with Gasteiger partial charge in [-0.2, -0.15) is 0 Å². The monoisotopic (exact) mass is 126 g/mol. The molecule has 0 aromatic rings. The first kappa shape index (κ1) is 8.34. The second-order valence-corrected chi connectivity index (χ2v) is 2.81. The Kier molecular flexibility index (Phi) is 3.13. The molecule has 0 spiro atoms. The van der Waals surface area contributed by atoms with E-state index in [9.17, 15) is 9.59 Å². The van der Waals surface area contributed by atoms with Crippen LogP contribution in [0.3, 0.4) is 0 Å². The van der Waals surface area contributed by atoms with E-state index in [0.717, 1.165) is 0 Å². The first-order valence-electron chi connectivity index (χ1n) is 2.82. The molecule has 50 valence electrons. The van der Waals surface area contributed by atoms with E-state index in [1.807, 2.05) is 13.8 Å². The third kappa shape index (κ3) is 3.88. The van der Waals surface area contributed by atoms with Gasteiger partial charge >= 0.3 is 0 Å². The largest absolute Gasteiger partial charge is 0.291 e. The summed E-state index contributed by atoms with van der Waals surface area (Å²) in [7, 11) is 0. The average molecular weight is 126 g/mol. The zero-order valence-corrected chi connectivity index (χ0v) is 5.73. The highest BCUT2D eigenvalue weighted by Gasteiger charge is 2.16. The van der Waals surface area contributed by atoms with Gasteiger partial charge in [0.25, 0.3) is 0 Å². The summed E-state index contributed by atoms with van der Waals surface area (Å²) in [6.07, 6.45) is 4.14. The molecule has 0 heterocycles. The molecule has 0 aliphatic rings. The highest BCUT2D eigenvalue weighted by atomic mass is 16.1. The Balaban J connectivity index is 3.68. The summed E-state index contributed by atoms with van der Waals surface area (Å²) >= 11 is 0. The fraction of sp³-hybridized carbons (Fsp3) is 0.714. The van der Waals surface area contributed by atoms with Crippen LogP contribution in [-0.2, 0) is 9.59 Å². The molecule has 0 aliphatic carbocycles.